The van der Waals surface area contributed by atoms with E-state index in [9.17, 15) is 9.59 Å². The molecule has 0 aliphatic rings. The van der Waals surface area contributed by atoms with Gasteiger partial charge in [-0.3, -0.25) is 9.59 Å². The van der Waals surface area contributed by atoms with Gasteiger partial charge in [0.2, 0.25) is 0 Å². The van der Waals surface area contributed by atoms with Gasteiger partial charge in [-0.25, -0.2) is 0 Å². The minimum Gasteiger partial charge on any atom is -0.483 e. The first-order valence-corrected chi connectivity index (χ1v) is 3.73. The Morgan fingerprint density at radius 3 is 1.69 bits per heavy atom. The highest BCUT2D eigenvalue weighted by atomic mass is 16.5. The average Bonchev–Trinajstić information content (AvgIpc) is 2.08. The maximum absolute atomic E-state index is 9.81. The number of ketones is 1. The lowest BCUT2D eigenvalue weighted by atomic mass is 10.4. The average molecular weight is 192 g/mol. The van der Waals surface area contributed by atoms with Gasteiger partial charge in [-0.1, -0.05) is 6.92 Å². The fourth-order valence-corrected chi connectivity index (χ4v) is 0.0680. The molecular weight excluding hydrogens is 176 g/mol. The van der Waals surface area contributed by atoms with Gasteiger partial charge in [0.15, 0.2) is 0 Å². The van der Waals surface area contributed by atoms with E-state index in [1.165, 1.54) is 0 Å². The first-order chi connectivity index (χ1) is 6.10. The van der Waals surface area contributed by atoms with Crippen molar-refractivity contribution in [3.05, 3.63) is 0 Å². The highest BCUT2D eigenvalue weighted by Crippen LogP contribution is 1.71. The van der Waals surface area contributed by atoms with Gasteiger partial charge in [0.1, 0.15) is 5.78 Å². The van der Waals surface area contributed by atoms with E-state index in [1.807, 2.05) is 6.92 Å². The molecule has 0 atom stereocenters. The summed E-state index contributed by atoms with van der Waals surface area (Å²) in [5.41, 5.74) is 0. The van der Waals surface area contributed by atoms with Gasteiger partial charge in [-0.15, -0.1) is 0 Å². The van der Waals surface area contributed by atoms with Crippen molar-refractivity contribution < 1.29 is 24.2 Å². The normalized spacial score (nSPS) is 6.38. The zero-order chi connectivity index (χ0) is 11.1. The summed E-state index contributed by atoms with van der Waals surface area (Å²) in [5, 5.41) is 6.89. The highest BCUT2D eigenvalue weighted by molar-refractivity contribution is 5.74. The quantitative estimate of drug-likeness (QED) is 0.671. The molecule has 0 aliphatic carbocycles. The third kappa shape index (κ3) is 115. The Hall–Kier alpha value is -1.39. The molecule has 0 aromatic heterocycles. The molecule has 13 heavy (non-hydrogen) atoms. The van der Waals surface area contributed by atoms with Crippen LogP contribution >= 0.6 is 0 Å². The topological polar surface area (TPSA) is 80.7 Å². The van der Waals surface area contributed by atoms with Crippen molar-refractivity contribution in [2.75, 3.05) is 6.61 Å². The van der Waals surface area contributed by atoms with Crippen LogP contribution in [-0.2, 0) is 19.1 Å². The first-order valence-electron chi connectivity index (χ1n) is 3.73. The second-order valence-electron chi connectivity index (χ2n) is 1.71. The van der Waals surface area contributed by atoms with E-state index < -0.39 is 0 Å². The maximum Gasteiger partial charge on any atom is 0.293 e. The lowest BCUT2D eigenvalue weighted by Crippen LogP contribution is -1.80. The van der Waals surface area contributed by atoms with E-state index in [0.29, 0.717) is 19.5 Å². The molecule has 0 fully saturated rings. The van der Waals surface area contributed by atoms with Gasteiger partial charge in [0.05, 0.1) is 6.61 Å². The molecule has 0 aromatic rings. The largest absolute Gasteiger partial charge is 0.483 e. The lowest BCUT2D eigenvalue weighted by Gasteiger charge is -1.79. The minimum atomic E-state index is -0.250. The van der Waals surface area contributed by atoms with Crippen molar-refractivity contribution in [1.82, 2.24) is 0 Å². The Labute approximate surface area is 77.7 Å². The van der Waals surface area contributed by atoms with E-state index in [4.69, 9.17) is 9.90 Å². The van der Waals surface area contributed by atoms with Crippen molar-refractivity contribution in [3.8, 4) is 0 Å². The molecular formula is C8H16O5. The number of carbonyl (C=O) groups excluding carboxylic acids is 2. The van der Waals surface area contributed by atoms with E-state index in [0.717, 1.165) is 0 Å². The number of hydrogen-bond acceptors (Lipinski definition) is 4. The smallest absolute Gasteiger partial charge is 0.293 e. The second kappa shape index (κ2) is 22.4. The molecule has 0 rings (SSSR count). The monoisotopic (exact) mass is 192 g/mol. The SMILES string of the molecule is CCC(C)=O.CCOC=O.O=CO. The predicted octanol–water partition coefficient (Wildman–Crippen LogP) is 0.866. The van der Waals surface area contributed by atoms with Crippen LogP contribution in [0.15, 0.2) is 0 Å². The Morgan fingerprint density at radius 1 is 1.38 bits per heavy atom. The molecule has 0 bridgehead atoms. The Balaban J connectivity index is -0.000000120. The van der Waals surface area contributed by atoms with E-state index in [1.54, 1.807) is 13.8 Å². The molecule has 0 amide bonds. The van der Waals surface area contributed by atoms with Crippen LogP contribution in [0, 0.1) is 0 Å². The van der Waals surface area contributed by atoms with Gasteiger partial charge >= 0.3 is 0 Å². The molecule has 5 nitrogen and oxygen atoms in total. The van der Waals surface area contributed by atoms with Gasteiger partial charge in [-0.2, -0.15) is 0 Å². The number of Topliss-reactive ketones (excluding diaryl/α,β-unsaturated/α-hetero) is 1. The number of carboxylic acid groups (broad SMARTS) is 1. The van der Waals surface area contributed by atoms with Crippen LogP contribution in [0.1, 0.15) is 27.2 Å². The zero-order valence-corrected chi connectivity index (χ0v) is 8.15. The van der Waals surface area contributed by atoms with Gasteiger partial charge in [-0.05, 0) is 13.8 Å². The summed E-state index contributed by atoms with van der Waals surface area (Å²) in [6.07, 6.45) is 0.667. The second-order valence-corrected chi connectivity index (χ2v) is 1.71. The van der Waals surface area contributed by atoms with Crippen LogP contribution in [-0.4, -0.2) is 30.4 Å². The Morgan fingerprint density at radius 2 is 1.69 bits per heavy atom. The molecule has 5 heteroatoms. The van der Waals surface area contributed by atoms with Crippen molar-refractivity contribution in [2.24, 2.45) is 0 Å². The van der Waals surface area contributed by atoms with Crippen molar-refractivity contribution in [3.63, 3.8) is 0 Å². The van der Waals surface area contributed by atoms with E-state index in [-0.39, 0.29) is 12.3 Å². The van der Waals surface area contributed by atoms with Gasteiger partial charge < -0.3 is 14.6 Å². The Bertz CT molecular complexity index is 122. The summed E-state index contributed by atoms with van der Waals surface area (Å²) in [6.45, 7) is 5.85. The fraction of sp³-hybridized carbons (Fsp3) is 0.625. The predicted molar refractivity (Wildman–Crippen MR) is 47.4 cm³/mol. The Kier molecular flexibility index (Phi) is 30.4. The highest BCUT2D eigenvalue weighted by Gasteiger charge is 1.76. The number of carbonyl (C=O) groups is 3. The third-order valence-corrected chi connectivity index (χ3v) is 0.733. The van der Waals surface area contributed by atoms with E-state index >= 15 is 0 Å². The van der Waals surface area contributed by atoms with Gasteiger partial charge in [0.25, 0.3) is 12.9 Å². The summed E-state index contributed by atoms with van der Waals surface area (Å²) in [7, 11) is 0. The summed E-state index contributed by atoms with van der Waals surface area (Å²) in [6, 6.07) is 0. The van der Waals surface area contributed by atoms with Gasteiger partial charge in [0, 0.05) is 6.42 Å². The summed E-state index contributed by atoms with van der Waals surface area (Å²) >= 11 is 0. The summed E-state index contributed by atoms with van der Waals surface area (Å²) in [4.78, 5) is 27.4. The number of rotatable bonds is 3. The molecule has 78 valence electrons. The van der Waals surface area contributed by atoms with Crippen LogP contribution in [0.2, 0.25) is 0 Å². The van der Waals surface area contributed by atoms with Crippen molar-refractivity contribution in [1.29, 1.82) is 0 Å². The minimum absolute atomic E-state index is 0.250. The zero-order valence-electron chi connectivity index (χ0n) is 8.15. The van der Waals surface area contributed by atoms with Crippen LogP contribution < -0.4 is 0 Å². The summed E-state index contributed by atoms with van der Waals surface area (Å²) < 4.78 is 4.15. The molecule has 1 N–H and O–H groups in total. The molecule has 0 saturated carbocycles. The van der Waals surface area contributed by atoms with E-state index in [2.05, 4.69) is 4.74 Å². The fourth-order valence-electron chi connectivity index (χ4n) is 0.0680. The van der Waals surface area contributed by atoms with Crippen molar-refractivity contribution in [2.45, 2.75) is 27.2 Å². The van der Waals surface area contributed by atoms with Crippen LogP contribution in [0.25, 0.3) is 0 Å². The lowest BCUT2D eigenvalue weighted by molar-refractivity contribution is -0.128. The van der Waals surface area contributed by atoms with Crippen molar-refractivity contribution >= 4 is 18.7 Å². The molecule has 0 heterocycles. The number of ether oxygens (including phenoxy) is 1. The van der Waals surface area contributed by atoms with Crippen LogP contribution in [0.3, 0.4) is 0 Å². The first kappa shape index (κ1) is 17.6. The molecule has 0 saturated heterocycles. The maximum atomic E-state index is 9.81. The van der Waals surface area contributed by atoms with Crippen LogP contribution in [0.5, 0.6) is 0 Å². The standard InChI is InChI=1S/C4H8O.C3H6O2.CH2O2/c1-3-4(2)5;1-2-5-3-4;2-1-3/h3H2,1-2H3;3H,2H2,1H3;1H,(H,2,3). The molecule has 0 aromatic carbocycles. The molecule has 0 aliphatic heterocycles. The van der Waals surface area contributed by atoms with Crippen LogP contribution in [0.4, 0.5) is 0 Å². The summed E-state index contributed by atoms with van der Waals surface area (Å²) in [5.74, 6) is 0.255. The number of hydrogen-bond donors (Lipinski definition) is 1. The molecule has 0 radical (unpaired) electrons. The molecule has 0 unspecified atom stereocenters. The third-order valence-electron chi connectivity index (χ3n) is 0.733. The molecule has 0 spiro atoms.